The Hall–Kier alpha value is -12.3. The molecule has 3 aromatic carbocycles. The molecule has 0 radical (unpaired) electrons. The second-order valence-corrected chi connectivity index (χ2v) is 31.3. The molecule has 44 heteroatoms. The van der Waals surface area contributed by atoms with E-state index in [2.05, 4.69) is 66.1 Å². The second kappa shape index (κ2) is 58.9. The molecule has 3 aromatic rings. The number of ether oxygens (including phenoxy) is 2. The van der Waals surface area contributed by atoms with Gasteiger partial charge in [0.25, 0.3) is 0 Å². The third-order valence-corrected chi connectivity index (χ3v) is 21.1. The van der Waals surface area contributed by atoms with Gasteiger partial charge in [-0.25, -0.2) is 28.8 Å². The lowest BCUT2D eigenvalue weighted by Gasteiger charge is -2.32. The number of nitrogens with zero attached hydrogens (tertiary/aromatic N) is 4. The van der Waals surface area contributed by atoms with Crippen LogP contribution in [0.4, 0.5) is 9.59 Å². The molecule has 1 saturated heterocycles. The van der Waals surface area contributed by atoms with Gasteiger partial charge in [-0.1, -0.05) is 60.7 Å². The van der Waals surface area contributed by atoms with Crippen LogP contribution in [0.5, 0.6) is 0 Å². The predicted octanol–water partition coefficient (Wildman–Crippen LogP) is -0.856. The van der Waals surface area contributed by atoms with Crippen LogP contribution in [0.15, 0.2) is 60.7 Å². The Labute approximate surface area is 738 Å². The molecule has 5 rings (SSSR count). The maximum Gasteiger partial charge on any atom is 0.326 e. The molecule has 0 unspecified atom stereocenters. The summed E-state index contributed by atoms with van der Waals surface area (Å²) in [6, 6.07) is 6.31. The number of carboxylic acids is 9. The fourth-order valence-electron chi connectivity index (χ4n) is 14.2. The average molecular weight is 1810 g/mol. The number of unbranched alkanes of at least 4 members (excludes halogenated alkanes) is 3. The highest BCUT2D eigenvalue weighted by Gasteiger charge is 2.32. The summed E-state index contributed by atoms with van der Waals surface area (Å²) >= 11 is 0. The molecule has 0 saturated carbocycles. The molecule has 1 heterocycles. The zero-order chi connectivity index (χ0) is 93.9. The minimum atomic E-state index is -1.67. The molecular weight excluding hydrogens is 1680 g/mol. The summed E-state index contributed by atoms with van der Waals surface area (Å²) in [5.74, 6) is -16.4. The zero-order valence-electron chi connectivity index (χ0n) is 71.7. The van der Waals surface area contributed by atoms with Crippen molar-refractivity contribution >= 4 is 118 Å². The van der Waals surface area contributed by atoms with Crippen LogP contribution in [0.3, 0.4) is 0 Å². The molecule has 708 valence electrons. The van der Waals surface area contributed by atoms with Crippen LogP contribution in [0.1, 0.15) is 144 Å². The van der Waals surface area contributed by atoms with Gasteiger partial charge in [-0.15, -0.1) is 0 Å². The van der Waals surface area contributed by atoms with Crippen LogP contribution >= 0.6 is 0 Å². The van der Waals surface area contributed by atoms with Gasteiger partial charge in [0.05, 0.1) is 46.0 Å². The Morgan fingerprint density at radius 2 is 0.742 bits per heavy atom. The predicted molar refractivity (Wildman–Crippen MR) is 455 cm³/mol. The first kappa shape index (κ1) is 106. The lowest BCUT2D eigenvalue weighted by molar-refractivity contribution is -0.142. The van der Waals surface area contributed by atoms with Gasteiger partial charge in [0.2, 0.25) is 41.4 Å². The molecule has 0 bridgehead atoms. The summed E-state index contributed by atoms with van der Waals surface area (Å²) in [6.07, 6.45) is 3.21. The molecule has 0 aromatic heterocycles. The Morgan fingerprint density at radius 1 is 0.320 bits per heavy atom. The number of amides is 11. The van der Waals surface area contributed by atoms with Crippen molar-refractivity contribution in [2.75, 3.05) is 131 Å². The number of carbonyl (C=O) groups excluding carboxylic acids is 9. The van der Waals surface area contributed by atoms with Gasteiger partial charge < -0.3 is 114 Å². The van der Waals surface area contributed by atoms with Gasteiger partial charge in [-0.2, -0.15) is 0 Å². The SMILES string of the molecule is O=C(O)CC[C@H](NC(=O)N[C@@H](CCCCNC(=O)CC[C@H](NC(=O)[C@H](Cc1ccc2ccccc2c1)NC(=O)COCCOCCNC(=O)[C@H](CCCCNC(=O)CN1CCN(CC(=O)O)CCN(CC(=O)O)CCN(CC(=O)O)CC1)NC(=O)CCCc1ccc2c(c1)CCCC2)C(=O)NCCCC[C@H](NC(=O)N[C@@H](CCC(=O)O)C(=O)O)C(=O)O)C(=O)O)C(=O)O. The standard InChI is InChI=1S/C84H123N15O29/c100-67(85-31-9-6-18-62(79(117)118)92-83(125)94-64(81(121)122)26-29-71(104)105)28-25-61(77(115)87-33-10-7-19-63(80(119)120)93-84(126)95-65(82(123)124)27-30-72(106)107)91-78(116)66(48-55-22-24-57-14-2-4-16-59(57)47-55)90-70(103)53-128-45-44-127-43-34-88-76(114)60(89-68(101)20-11-12-54-21-23-56-13-1-3-15-58(56)46-54)17-5-8-32-86-69(102)49-96-35-37-97(50-73(108)109)39-41-99(52-75(112)113)42-40-98(38-36-96)51-74(110)111/h2,4,14,16,21-24,46-47,60-66H,1,3,5-13,15,17-20,25-45,48-53H2,(H,85,100)(H,86,102)(H,87,115)(H,88,114)(H,89,101)(H,90,103)(H,91,116)(H,104,105)(H,106,107)(H,108,109)(H,110,111)(H,112,113)(H,117,118)(H,119,120)(H,121,122)(H,123,124)(H2,92,94,125)(H2,93,95,126)/t60-,61-,62-,63-,64-,65-,66-/m0/s1. The van der Waals surface area contributed by atoms with Gasteiger partial charge in [-0.3, -0.25) is 77.1 Å². The van der Waals surface area contributed by atoms with E-state index < -0.39 is 176 Å². The molecule has 11 amide bonds. The van der Waals surface area contributed by atoms with E-state index in [0.717, 1.165) is 42.0 Å². The number of aliphatic carboxylic acids is 9. The fraction of sp³-hybridized carbons (Fsp3) is 0.595. The highest BCUT2D eigenvalue weighted by molar-refractivity contribution is 5.94. The molecule has 2 aliphatic rings. The summed E-state index contributed by atoms with van der Waals surface area (Å²) in [5.41, 5.74) is 4.33. The van der Waals surface area contributed by atoms with Crippen LogP contribution in [0, 0.1) is 0 Å². The Bertz CT molecular complexity index is 4180. The Kier molecular flexibility index (Phi) is 48.9. The topological polar surface area (TPSA) is 653 Å². The maximum absolute atomic E-state index is 14.6. The van der Waals surface area contributed by atoms with E-state index in [-0.39, 0.29) is 201 Å². The van der Waals surface area contributed by atoms with E-state index in [4.69, 9.17) is 19.7 Å². The number of carboxylic acid groups (broad SMARTS) is 9. The minimum absolute atomic E-state index is 0.0219. The molecule has 1 fully saturated rings. The van der Waals surface area contributed by atoms with E-state index in [1.807, 2.05) is 28.8 Å². The first-order chi connectivity index (χ1) is 61.1. The van der Waals surface area contributed by atoms with E-state index in [0.29, 0.717) is 31.2 Å². The number of hydrogen-bond donors (Lipinski definition) is 20. The summed E-state index contributed by atoms with van der Waals surface area (Å²) in [5, 5.41) is 114. The lowest BCUT2D eigenvalue weighted by Crippen LogP contribution is -2.55. The summed E-state index contributed by atoms with van der Waals surface area (Å²) in [7, 11) is 0. The van der Waals surface area contributed by atoms with Crippen molar-refractivity contribution in [3.8, 4) is 0 Å². The minimum Gasteiger partial charge on any atom is -0.481 e. The van der Waals surface area contributed by atoms with Crippen LogP contribution in [0.25, 0.3) is 10.8 Å². The van der Waals surface area contributed by atoms with Crippen molar-refractivity contribution in [1.82, 2.24) is 78.1 Å². The van der Waals surface area contributed by atoms with Gasteiger partial charge in [0.15, 0.2) is 0 Å². The lowest BCUT2D eigenvalue weighted by atomic mass is 9.89. The molecule has 128 heavy (non-hydrogen) atoms. The van der Waals surface area contributed by atoms with Crippen molar-refractivity contribution in [3.63, 3.8) is 0 Å². The highest BCUT2D eigenvalue weighted by Crippen LogP contribution is 2.24. The smallest absolute Gasteiger partial charge is 0.326 e. The molecular formula is C84H123N15O29. The van der Waals surface area contributed by atoms with E-state index in [1.54, 1.807) is 43.9 Å². The molecule has 44 nitrogen and oxygen atoms in total. The van der Waals surface area contributed by atoms with Crippen LogP contribution in [-0.2, 0) is 112 Å². The van der Waals surface area contributed by atoms with Gasteiger partial charge >= 0.3 is 65.8 Å². The van der Waals surface area contributed by atoms with Gasteiger partial charge in [0, 0.05) is 111 Å². The molecule has 0 spiro atoms. The summed E-state index contributed by atoms with van der Waals surface area (Å²) in [6.45, 7) is -0.373. The quantitative estimate of drug-likeness (QED) is 0.0306. The number of fused-ring (bicyclic) bond motifs is 2. The average Bonchev–Trinajstić information content (AvgIpc) is 0.788. The highest BCUT2D eigenvalue weighted by atomic mass is 16.5. The third kappa shape index (κ3) is 44.7. The number of carbonyl (C=O) groups is 18. The van der Waals surface area contributed by atoms with Crippen molar-refractivity contribution in [2.24, 2.45) is 0 Å². The van der Waals surface area contributed by atoms with Crippen molar-refractivity contribution in [3.05, 3.63) is 82.9 Å². The van der Waals surface area contributed by atoms with Crippen LogP contribution < -0.4 is 58.5 Å². The molecule has 20 N–H and O–H groups in total. The number of nitrogens with one attached hydrogen (secondary N) is 11. The van der Waals surface area contributed by atoms with Gasteiger partial charge in [-0.05, 0) is 149 Å². The van der Waals surface area contributed by atoms with Crippen molar-refractivity contribution < 1.29 is 142 Å². The second-order valence-electron chi connectivity index (χ2n) is 31.3. The maximum atomic E-state index is 14.6. The van der Waals surface area contributed by atoms with E-state index >= 15 is 0 Å². The Balaban J connectivity index is 1.20. The summed E-state index contributed by atoms with van der Waals surface area (Å²) in [4.78, 5) is 234. The molecule has 1 aliphatic heterocycles. The Morgan fingerprint density at radius 3 is 1.24 bits per heavy atom. The molecule has 7 atom stereocenters. The normalized spacial score (nSPS) is 15.1. The van der Waals surface area contributed by atoms with Crippen LogP contribution in [0.2, 0.25) is 0 Å². The summed E-state index contributed by atoms with van der Waals surface area (Å²) < 4.78 is 11.4. The first-order valence-corrected chi connectivity index (χ1v) is 42.8. The number of aryl methyl sites for hydroxylation is 3. The largest absolute Gasteiger partial charge is 0.481 e. The number of hydrogen-bond acceptors (Lipinski definition) is 24. The third-order valence-electron chi connectivity index (χ3n) is 21.1. The van der Waals surface area contributed by atoms with E-state index in [1.165, 1.54) is 11.1 Å². The van der Waals surface area contributed by atoms with Crippen molar-refractivity contribution in [1.29, 1.82) is 0 Å². The monoisotopic (exact) mass is 1810 g/mol. The molecule has 1 aliphatic carbocycles. The number of urea groups is 2. The fourth-order valence-corrected chi connectivity index (χ4v) is 14.2. The van der Waals surface area contributed by atoms with Crippen molar-refractivity contribution in [2.45, 2.75) is 190 Å². The number of rotatable bonds is 60. The zero-order valence-corrected chi connectivity index (χ0v) is 71.7. The van der Waals surface area contributed by atoms with E-state index in [9.17, 15) is 122 Å². The first-order valence-electron chi connectivity index (χ1n) is 42.8. The van der Waals surface area contributed by atoms with Crippen LogP contribution in [-0.4, -0.2) is 346 Å². The number of benzene rings is 3. The van der Waals surface area contributed by atoms with Gasteiger partial charge in [0.1, 0.15) is 48.9 Å².